The van der Waals surface area contributed by atoms with Gasteiger partial charge in [-0.25, -0.2) is 4.98 Å². The van der Waals surface area contributed by atoms with E-state index in [1.54, 1.807) is 0 Å². The second kappa shape index (κ2) is 6.90. The highest BCUT2D eigenvalue weighted by atomic mass is 15.0. The highest BCUT2D eigenvalue weighted by molar-refractivity contribution is 6.12. The molecule has 38 heavy (non-hydrogen) atoms. The zero-order valence-electron chi connectivity index (χ0n) is 20.9. The minimum atomic E-state index is -0.423. The number of aromatic nitrogens is 3. The summed E-state index contributed by atoms with van der Waals surface area (Å²) in [6.45, 7) is 0. The fraction of sp³-hybridized carbons (Fsp3) is 0.0571. The number of hydrogen-bond acceptors (Lipinski definition) is 1. The van der Waals surface area contributed by atoms with E-state index in [0.717, 1.165) is 11.4 Å². The SMILES string of the molecule is Cn1ccnc1-c1ccc2c(c1)C1(c3ccccc3-2)c2ccccc2-n2c3ccccc3c3cccc1c32. The number of nitrogens with zero attached hydrogens (tertiary/aromatic N) is 3. The highest BCUT2D eigenvalue weighted by Crippen LogP contribution is 2.61. The van der Waals surface area contributed by atoms with Crippen molar-refractivity contribution in [1.29, 1.82) is 0 Å². The Morgan fingerprint density at radius 1 is 0.632 bits per heavy atom. The molecule has 0 bridgehead atoms. The first-order valence-electron chi connectivity index (χ1n) is 13.1. The normalized spacial score (nSPS) is 16.7. The summed E-state index contributed by atoms with van der Waals surface area (Å²) in [4.78, 5) is 4.70. The molecule has 9 rings (SSSR count). The Hall–Kier alpha value is -4.89. The molecular formula is C35H23N3. The Bertz CT molecular complexity index is 2110. The van der Waals surface area contributed by atoms with Crippen LogP contribution in [0.4, 0.5) is 0 Å². The van der Waals surface area contributed by atoms with Gasteiger partial charge in [-0.05, 0) is 51.6 Å². The summed E-state index contributed by atoms with van der Waals surface area (Å²) < 4.78 is 4.59. The van der Waals surface area contributed by atoms with Crippen molar-refractivity contribution < 1.29 is 0 Å². The number of para-hydroxylation sites is 3. The van der Waals surface area contributed by atoms with Crippen LogP contribution in [0.3, 0.4) is 0 Å². The molecule has 1 aliphatic heterocycles. The summed E-state index contributed by atoms with van der Waals surface area (Å²) in [5.74, 6) is 0.982. The van der Waals surface area contributed by atoms with E-state index in [1.165, 1.54) is 60.9 Å². The fourth-order valence-corrected chi connectivity index (χ4v) is 7.34. The number of imidazole rings is 1. The van der Waals surface area contributed by atoms with Gasteiger partial charge in [0.15, 0.2) is 0 Å². The Labute approximate surface area is 220 Å². The van der Waals surface area contributed by atoms with Gasteiger partial charge in [0, 0.05) is 35.8 Å². The molecule has 7 aromatic rings. The Balaban J connectivity index is 1.52. The van der Waals surface area contributed by atoms with Crippen LogP contribution in [0.15, 0.2) is 122 Å². The largest absolute Gasteiger partial charge is 0.334 e. The monoisotopic (exact) mass is 485 g/mol. The first-order chi connectivity index (χ1) is 18.8. The molecule has 0 saturated carbocycles. The maximum atomic E-state index is 4.70. The minimum absolute atomic E-state index is 0.423. The van der Waals surface area contributed by atoms with Crippen molar-refractivity contribution in [2.24, 2.45) is 7.05 Å². The van der Waals surface area contributed by atoms with E-state index in [-0.39, 0.29) is 0 Å². The first-order valence-corrected chi connectivity index (χ1v) is 13.1. The van der Waals surface area contributed by atoms with Gasteiger partial charge in [0.05, 0.1) is 22.1 Å². The molecule has 2 aromatic heterocycles. The summed E-state index contributed by atoms with van der Waals surface area (Å²) in [7, 11) is 2.06. The lowest BCUT2D eigenvalue weighted by Gasteiger charge is -2.39. The van der Waals surface area contributed by atoms with Crippen LogP contribution in [0, 0.1) is 0 Å². The molecule has 0 N–H and O–H groups in total. The zero-order valence-corrected chi connectivity index (χ0v) is 20.9. The standard InChI is InChI=1S/C35H23N3/c1-37-20-19-36-34(37)22-17-18-24-23-9-2-4-12-27(23)35(30(24)21-22)28-13-5-7-16-32(28)38-31-15-6-3-10-25(31)26-11-8-14-29(35)33(26)38/h2-21H,1H3. The summed E-state index contributed by atoms with van der Waals surface area (Å²) in [5.41, 5.74) is 12.5. The van der Waals surface area contributed by atoms with Gasteiger partial charge in [0.1, 0.15) is 5.82 Å². The second-order valence-electron chi connectivity index (χ2n) is 10.5. The lowest BCUT2D eigenvalue weighted by Crippen LogP contribution is -2.33. The van der Waals surface area contributed by atoms with E-state index in [9.17, 15) is 0 Å². The Morgan fingerprint density at radius 3 is 2.26 bits per heavy atom. The van der Waals surface area contributed by atoms with Crippen molar-refractivity contribution in [2.75, 3.05) is 0 Å². The number of aryl methyl sites for hydroxylation is 1. The van der Waals surface area contributed by atoms with Crippen molar-refractivity contribution >= 4 is 21.8 Å². The van der Waals surface area contributed by atoms with E-state index in [2.05, 4.69) is 125 Å². The molecule has 2 aliphatic rings. The summed E-state index contributed by atoms with van der Waals surface area (Å²) in [6, 6.07) is 40.6. The van der Waals surface area contributed by atoms with Crippen LogP contribution < -0.4 is 0 Å². The van der Waals surface area contributed by atoms with E-state index in [0.29, 0.717) is 0 Å². The smallest absolute Gasteiger partial charge is 0.139 e. The molecule has 3 nitrogen and oxygen atoms in total. The molecule has 178 valence electrons. The summed E-state index contributed by atoms with van der Waals surface area (Å²) >= 11 is 0. The average Bonchev–Trinajstić information content (AvgIpc) is 3.63. The maximum Gasteiger partial charge on any atom is 0.139 e. The molecule has 5 aromatic carbocycles. The lowest BCUT2D eigenvalue weighted by molar-refractivity contribution is 0.748. The molecule has 1 spiro atoms. The van der Waals surface area contributed by atoms with Crippen molar-refractivity contribution in [3.8, 4) is 28.2 Å². The molecule has 0 radical (unpaired) electrons. The second-order valence-corrected chi connectivity index (χ2v) is 10.5. The molecule has 3 heterocycles. The first kappa shape index (κ1) is 20.2. The third-order valence-corrected chi connectivity index (χ3v) is 8.77. The Morgan fingerprint density at radius 2 is 1.37 bits per heavy atom. The van der Waals surface area contributed by atoms with Crippen LogP contribution in [0.25, 0.3) is 50.0 Å². The Kier molecular flexibility index (Phi) is 3.67. The van der Waals surface area contributed by atoms with Crippen molar-refractivity contribution in [2.45, 2.75) is 5.41 Å². The third kappa shape index (κ3) is 2.20. The molecule has 1 atom stereocenters. The van der Waals surface area contributed by atoms with E-state index >= 15 is 0 Å². The zero-order chi connectivity index (χ0) is 25.0. The molecule has 1 unspecified atom stereocenters. The molecule has 3 heteroatoms. The molecular weight excluding hydrogens is 462 g/mol. The predicted molar refractivity (Wildman–Crippen MR) is 154 cm³/mol. The highest BCUT2D eigenvalue weighted by Gasteiger charge is 2.50. The van der Waals surface area contributed by atoms with E-state index in [1.807, 2.05) is 12.4 Å². The minimum Gasteiger partial charge on any atom is -0.334 e. The van der Waals surface area contributed by atoms with Crippen LogP contribution in [-0.2, 0) is 12.5 Å². The molecule has 0 fully saturated rings. The van der Waals surface area contributed by atoms with Crippen molar-refractivity contribution in [3.63, 3.8) is 0 Å². The average molecular weight is 486 g/mol. The number of rotatable bonds is 1. The van der Waals surface area contributed by atoms with Crippen molar-refractivity contribution in [1.82, 2.24) is 14.1 Å². The van der Waals surface area contributed by atoms with Gasteiger partial charge >= 0.3 is 0 Å². The van der Waals surface area contributed by atoms with Gasteiger partial charge in [-0.2, -0.15) is 0 Å². The number of hydrogen-bond donors (Lipinski definition) is 0. The summed E-state index contributed by atoms with van der Waals surface area (Å²) in [6.07, 6.45) is 3.89. The number of fused-ring (bicyclic) bond motifs is 12. The predicted octanol–water partition coefficient (Wildman–Crippen LogP) is 7.86. The third-order valence-electron chi connectivity index (χ3n) is 8.77. The molecule has 0 saturated heterocycles. The molecule has 1 aliphatic carbocycles. The number of benzene rings is 5. The van der Waals surface area contributed by atoms with Gasteiger partial charge in [-0.1, -0.05) is 91.0 Å². The fourth-order valence-electron chi connectivity index (χ4n) is 7.34. The topological polar surface area (TPSA) is 22.8 Å². The van der Waals surface area contributed by atoms with Crippen molar-refractivity contribution in [3.05, 3.63) is 144 Å². The van der Waals surface area contributed by atoms with Gasteiger partial charge in [-0.3, -0.25) is 0 Å². The van der Waals surface area contributed by atoms with Gasteiger partial charge in [0.2, 0.25) is 0 Å². The van der Waals surface area contributed by atoms with Gasteiger partial charge in [-0.15, -0.1) is 0 Å². The van der Waals surface area contributed by atoms with Crippen LogP contribution >= 0.6 is 0 Å². The van der Waals surface area contributed by atoms with Crippen LogP contribution in [0.1, 0.15) is 22.3 Å². The maximum absolute atomic E-state index is 4.70. The van der Waals surface area contributed by atoms with Gasteiger partial charge < -0.3 is 9.13 Å². The van der Waals surface area contributed by atoms with E-state index < -0.39 is 5.41 Å². The summed E-state index contributed by atoms with van der Waals surface area (Å²) in [5, 5.41) is 2.60. The van der Waals surface area contributed by atoms with Crippen LogP contribution in [0.2, 0.25) is 0 Å². The lowest BCUT2D eigenvalue weighted by atomic mass is 9.65. The van der Waals surface area contributed by atoms with Gasteiger partial charge in [0.25, 0.3) is 0 Å². The molecule has 0 amide bonds. The van der Waals surface area contributed by atoms with E-state index in [4.69, 9.17) is 4.98 Å². The van der Waals surface area contributed by atoms with Crippen LogP contribution in [-0.4, -0.2) is 14.1 Å². The quantitative estimate of drug-likeness (QED) is 0.232. The van der Waals surface area contributed by atoms with Crippen LogP contribution in [0.5, 0.6) is 0 Å².